The van der Waals surface area contributed by atoms with E-state index in [2.05, 4.69) is 5.32 Å². The van der Waals surface area contributed by atoms with Crippen LogP contribution in [0.1, 0.15) is 23.2 Å². The van der Waals surface area contributed by atoms with Gasteiger partial charge in [-0.1, -0.05) is 0 Å². The Morgan fingerprint density at radius 2 is 2.11 bits per heavy atom. The molecule has 3 rings (SSSR count). The van der Waals surface area contributed by atoms with Crippen LogP contribution < -0.4 is 15.8 Å². The summed E-state index contributed by atoms with van der Waals surface area (Å²) >= 11 is 0. The summed E-state index contributed by atoms with van der Waals surface area (Å²) in [6.45, 7) is 0.282. The van der Waals surface area contributed by atoms with Gasteiger partial charge >= 0.3 is 0 Å². The van der Waals surface area contributed by atoms with Crippen LogP contribution in [-0.4, -0.2) is 24.3 Å². The van der Waals surface area contributed by atoms with E-state index in [1.165, 1.54) is 6.07 Å². The highest BCUT2D eigenvalue weighted by Crippen LogP contribution is 2.37. The number of rotatable bonds is 3. The molecule has 0 bridgehead atoms. The Labute approximate surface area is 108 Å². The molecule has 1 amide bonds. The van der Waals surface area contributed by atoms with Gasteiger partial charge in [-0.3, -0.25) is 9.59 Å². The normalized spacial score (nSPS) is 21.0. The summed E-state index contributed by atoms with van der Waals surface area (Å²) in [5.74, 6) is -1.35. The molecular weight excluding hydrogens is 251 g/mol. The molecule has 6 heteroatoms. The Bertz CT molecular complexity index is 569. The van der Waals surface area contributed by atoms with E-state index < -0.39 is 17.8 Å². The number of ketones is 1. The average molecular weight is 264 g/mol. The monoisotopic (exact) mass is 264 g/mol. The van der Waals surface area contributed by atoms with Crippen LogP contribution in [0.3, 0.4) is 0 Å². The maximum atomic E-state index is 13.9. The molecule has 1 atom stereocenters. The smallest absolute Gasteiger partial charge is 0.248 e. The minimum atomic E-state index is -0.709. The van der Waals surface area contributed by atoms with Crippen LogP contribution in [-0.2, 0) is 4.79 Å². The highest BCUT2D eigenvalue weighted by Gasteiger charge is 2.38. The number of ether oxygens (including phenoxy) is 1. The van der Waals surface area contributed by atoms with Crippen molar-refractivity contribution in [3.8, 4) is 5.75 Å². The number of nitrogens with two attached hydrogens (primary N) is 1. The van der Waals surface area contributed by atoms with Crippen molar-refractivity contribution in [3.05, 3.63) is 23.5 Å². The molecule has 1 fully saturated rings. The first-order valence-corrected chi connectivity index (χ1v) is 6.14. The van der Waals surface area contributed by atoms with Gasteiger partial charge in [0, 0.05) is 11.5 Å². The van der Waals surface area contributed by atoms with Crippen LogP contribution in [0.4, 0.5) is 10.1 Å². The molecule has 2 aliphatic rings. The minimum absolute atomic E-state index is 0.0107. The second kappa shape index (κ2) is 4.22. The Morgan fingerprint density at radius 1 is 1.37 bits per heavy atom. The van der Waals surface area contributed by atoms with Gasteiger partial charge in [0.05, 0.1) is 12.2 Å². The fourth-order valence-electron chi connectivity index (χ4n) is 2.16. The molecule has 1 saturated carbocycles. The lowest BCUT2D eigenvalue weighted by atomic mass is 10.1. The number of hydrogen-bond donors (Lipinski definition) is 2. The highest BCUT2D eigenvalue weighted by atomic mass is 19.1. The van der Waals surface area contributed by atoms with Crippen molar-refractivity contribution >= 4 is 17.4 Å². The number of carbonyl (C=O) groups excluding carboxylic acids is 2. The lowest BCUT2D eigenvalue weighted by molar-refractivity contribution is -0.126. The summed E-state index contributed by atoms with van der Waals surface area (Å²) in [6.07, 6.45) is 1.11. The van der Waals surface area contributed by atoms with Gasteiger partial charge in [0.2, 0.25) is 5.91 Å². The van der Waals surface area contributed by atoms with Crippen LogP contribution in [0, 0.1) is 11.7 Å². The third-order valence-electron chi connectivity index (χ3n) is 3.36. The van der Waals surface area contributed by atoms with E-state index in [4.69, 9.17) is 10.5 Å². The maximum Gasteiger partial charge on any atom is 0.248 e. The molecule has 0 saturated heterocycles. The maximum absolute atomic E-state index is 13.9. The van der Waals surface area contributed by atoms with Crippen molar-refractivity contribution in [1.82, 2.24) is 0 Å². The topological polar surface area (TPSA) is 81.4 Å². The van der Waals surface area contributed by atoms with E-state index in [0.29, 0.717) is 5.69 Å². The lowest BCUT2D eigenvalue weighted by Gasteiger charge is -2.27. The third kappa shape index (κ3) is 2.14. The van der Waals surface area contributed by atoms with Crippen molar-refractivity contribution in [3.63, 3.8) is 0 Å². The van der Waals surface area contributed by atoms with Crippen molar-refractivity contribution in [2.24, 2.45) is 11.7 Å². The van der Waals surface area contributed by atoms with Crippen molar-refractivity contribution in [1.29, 1.82) is 0 Å². The third-order valence-corrected chi connectivity index (χ3v) is 3.36. The number of halogens is 1. The SMILES string of the molecule is NC(=O)c1cc(F)c2c(c1)NCC(C(=O)C1CC1)O2. The number of nitrogens with one attached hydrogen (secondary N) is 1. The molecule has 0 spiro atoms. The quantitative estimate of drug-likeness (QED) is 0.855. The van der Waals surface area contributed by atoms with Gasteiger partial charge in [-0.15, -0.1) is 0 Å². The van der Waals surface area contributed by atoms with Crippen LogP contribution in [0.2, 0.25) is 0 Å². The molecular formula is C13H13FN2O3. The van der Waals surface area contributed by atoms with Crippen LogP contribution in [0.5, 0.6) is 5.75 Å². The predicted octanol–water partition coefficient (Wildman–Crippen LogP) is 1.08. The molecule has 3 N–H and O–H groups in total. The van der Waals surface area contributed by atoms with Crippen LogP contribution in [0.15, 0.2) is 12.1 Å². The number of Topliss-reactive ketones (excluding diaryl/α,β-unsaturated/α-hetero) is 1. The summed E-state index contributed by atoms with van der Waals surface area (Å²) in [5.41, 5.74) is 5.54. The summed E-state index contributed by atoms with van der Waals surface area (Å²) in [4.78, 5) is 22.9. The van der Waals surface area contributed by atoms with E-state index in [-0.39, 0.29) is 29.6 Å². The largest absolute Gasteiger partial charge is 0.476 e. The molecule has 0 aromatic heterocycles. The summed E-state index contributed by atoms with van der Waals surface area (Å²) in [6, 6.07) is 2.45. The van der Waals surface area contributed by atoms with Gasteiger partial charge in [-0.2, -0.15) is 0 Å². The summed E-state index contributed by atoms with van der Waals surface area (Å²) < 4.78 is 19.3. The Balaban J connectivity index is 1.88. The number of benzene rings is 1. The summed E-state index contributed by atoms with van der Waals surface area (Å²) in [7, 11) is 0. The molecule has 1 aliphatic heterocycles. The fraction of sp³-hybridized carbons (Fsp3) is 0.385. The number of carbonyl (C=O) groups is 2. The molecule has 19 heavy (non-hydrogen) atoms. The van der Waals surface area contributed by atoms with E-state index in [1.807, 2.05) is 0 Å². The first-order chi connectivity index (χ1) is 9.06. The van der Waals surface area contributed by atoms with Crippen molar-refractivity contribution in [2.45, 2.75) is 18.9 Å². The molecule has 0 radical (unpaired) electrons. The fourth-order valence-corrected chi connectivity index (χ4v) is 2.16. The Morgan fingerprint density at radius 3 is 2.74 bits per heavy atom. The molecule has 1 aromatic carbocycles. The second-order valence-corrected chi connectivity index (χ2v) is 4.86. The average Bonchev–Trinajstić information content (AvgIpc) is 3.21. The zero-order chi connectivity index (χ0) is 13.6. The first-order valence-electron chi connectivity index (χ1n) is 6.14. The number of hydrogen-bond acceptors (Lipinski definition) is 4. The van der Waals surface area contributed by atoms with Crippen LogP contribution in [0.25, 0.3) is 0 Å². The second-order valence-electron chi connectivity index (χ2n) is 4.86. The van der Waals surface area contributed by atoms with Gasteiger partial charge in [-0.05, 0) is 25.0 Å². The first kappa shape index (κ1) is 12.0. The molecule has 100 valence electrons. The molecule has 1 aliphatic carbocycles. The Hall–Kier alpha value is -2.11. The molecule has 1 unspecified atom stereocenters. The molecule has 5 nitrogen and oxygen atoms in total. The minimum Gasteiger partial charge on any atom is -0.476 e. The van der Waals surface area contributed by atoms with Gasteiger partial charge in [0.25, 0.3) is 0 Å². The van der Waals surface area contributed by atoms with Crippen molar-refractivity contribution in [2.75, 3.05) is 11.9 Å². The van der Waals surface area contributed by atoms with E-state index >= 15 is 0 Å². The lowest BCUT2D eigenvalue weighted by Crippen LogP contribution is -2.39. The molecule has 1 aromatic rings. The van der Waals surface area contributed by atoms with E-state index in [9.17, 15) is 14.0 Å². The van der Waals surface area contributed by atoms with E-state index in [0.717, 1.165) is 18.9 Å². The zero-order valence-electron chi connectivity index (χ0n) is 10.1. The number of fused-ring (bicyclic) bond motifs is 1. The van der Waals surface area contributed by atoms with Crippen molar-refractivity contribution < 1.29 is 18.7 Å². The highest BCUT2D eigenvalue weighted by molar-refractivity contribution is 5.95. The number of amides is 1. The zero-order valence-corrected chi connectivity index (χ0v) is 10.1. The predicted molar refractivity (Wildman–Crippen MR) is 65.6 cm³/mol. The van der Waals surface area contributed by atoms with Gasteiger partial charge in [0.1, 0.15) is 0 Å². The number of primary amides is 1. The number of anilines is 1. The van der Waals surface area contributed by atoms with Gasteiger partial charge in [0.15, 0.2) is 23.5 Å². The summed E-state index contributed by atoms with van der Waals surface area (Å²) in [5, 5.41) is 2.92. The Kier molecular flexibility index (Phi) is 2.66. The molecule has 1 heterocycles. The van der Waals surface area contributed by atoms with Gasteiger partial charge in [-0.25, -0.2) is 4.39 Å². The van der Waals surface area contributed by atoms with E-state index in [1.54, 1.807) is 0 Å². The van der Waals surface area contributed by atoms with Crippen LogP contribution >= 0.6 is 0 Å². The standard InChI is InChI=1S/C13H13FN2O3/c14-8-3-7(13(15)18)4-9-12(8)19-10(5-16-9)11(17)6-1-2-6/h3-4,6,10,16H,1-2,5H2,(H2,15,18). The van der Waals surface area contributed by atoms with Gasteiger partial charge < -0.3 is 15.8 Å².